The second-order valence-electron chi connectivity index (χ2n) is 3.34. The minimum absolute atomic E-state index is 0.0903. The van der Waals surface area contributed by atoms with E-state index in [1.165, 1.54) is 0 Å². The molecule has 1 aliphatic heterocycles. The van der Waals surface area contributed by atoms with Crippen molar-refractivity contribution in [2.45, 2.75) is 6.42 Å². The van der Waals surface area contributed by atoms with Crippen LogP contribution in [0.2, 0.25) is 0 Å². The highest BCUT2D eigenvalue weighted by atomic mass is 16.4. The third-order valence-corrected chi connectivity index (χ3v) is 2.56. The fourth-order valence-corrected chi connectivity index (χ4v) is 1.82. The first-order valence-corrected chi connectivity index (χ1v) is 4.37. The van der Waals surface area contributed by atoms with Crippen LogP contribution in [-0.2, 0) is 4.79 Å². The van der Waals surface area contributed by atoms with Gasteiger partial charge in [-0.25, -0.2) is 5.43 Å². The van der Waals surface area contributed by atoms with E-state index in [1.54, 1.807) is 0 Å². The Bertz CT molecular complexity index is 283. The summed E-state index contributed by atoms with van der Waals surface area (Å²) in [6, 6.07) is 0. The predicted octanol–water partition coefficient (Wildman–Crippen LogP) is 0.255. The van der Waals surface area contributed by atoms with Crippen molar-refractivity contribution in [2.24, 2.45) is 11.8 Å². The molecule has 1 fully saturated rings. The second kappa shape index (κ2) is 3.22. The molecule has 1 heterocycles. The average molecular weight is 180 g/mol. The first-order valence-electron chi connectivity index (χ1n) is 4.37. The van der Waals surface area contributed by atoms with Crippen molar-refractivity contribution in [1.82, 2.24) is 10.9 Å². The molecule has 3 N–H and O–H groups in total. The van der Waals surface area contributed by atoms with E-state index in [-0.39, 0.29) is 11.8 Å². The van der Waals surface area contributed by atoms with E-state index in [2.05, 4.69) is 10.9 Å². The third-order valence-electron chi connectivity index (χ3n) is 2.56. The highest BCUT2D eigenvalue weighted by molar-refractivity contribution is 5.71. The first kappa shape index (κ1) is 8.31. The lowest BCUT2D eigenvalue weighted by atomic mass is 9.89. The zero-order chi connectivity index (χ0) is 9.26. The Labute approximate surface area is 76.3 Å². The van der Waals surface area contributed by atoms with Crippen LogP contribution < -0.4 is 10.9 Å². The summed E-state index contributed by atoms with van der Waals surface area (Å²) in [4.78, 5) is 10.9. The lowest BCUT2D eigenvalue weighted by Gasteiger charge is -2.15. The molecule has 70 valence electrons. The van der Waals surface area contributed by atoms with E-state index in [1.807, 2.05) is 18.2 Å². The number of carboxylic acid groups (broad SMARTS) is 1. The standard InChI is InChI=1S/C9H12N2O2/c12-9(13)6-3-1-2-4-8-7(6)5-10-11-8/h1-2,4,6-7,10-11H,3,5H2,(H,12,13). The maximum atomic E-state index is 10.9. The lowest BCUT2D eigenvalue weighted by Crippen LogP contribution is -2.25. The number of aliphatic carboxylic acids is 1. The summed E-state index contributed by atoms with van der Waals surface area (Å²) < 4.78 is 0. The summed E-state index contributed by atoms with van der Waals surface area (Å²) in [6.45, 7) is 0.699. The average Bonchev–Trinajstić information content (AvgIpc) is 2.44. The number of allylic oxidation sites excluding steroid dienone is 3. The van der Waals surface area contributed by atoms with Crippen molar-refractivity contribution >= 4 is 5.97 Å². The molecular formula is C9H12N2O2. The van der Waals surface area contributed by atoms with Crippen molar-refractivity contribution in [1.29, 1.82) is 0 Å². The molecule has 2 unspecified atom stereocenters. The Balaban J connectivity index is 2.25. The van der Waals surface area contributed by atoms with Crippen LogP contribution in [0.3, 0.4) is 0 Å². The molecule has 0 spiro atoms. The largest absolute Gasteiger partial charge is 0.481 e. The lowest BCUT2D eigenvalue weighted by molar-refractivity contribution is -0.142. The highest BCUT2D eigenvalue weighted by Gasteiger charge is 2.33. The fraction of sp³-hybridized carbons (Fsp3) is 0.444. The number of hydrazine groups is 1. The van der Waals surface area contributed by atoms with E-state index in [0.717, 1.165) is 5.70 Å². The molecule has 0 aromatic rings. The van der Waals surface area contributed by atoms with Crippen LogP contribution in [0.15, 0.2) is 23.9 Å². The van der Waals surface area contributed by atoms with E-state index >= 15 is 0 Å². The minimum atomic E-state index is -0.715. The van der Waals surface area contributed by atoms with Gasteiger partial charge in [0.15, 0.2) is 0 Å². The number of hydrogen-bond donors (Lipinski definition) is 3. The highest BCUT2D eigenvalue weighted by Crippen LogP contribution is 2.27. The van der Waals surface area contributed by atoms with Gasteiger partial charge in [-0.3, -0.25) is 4.79 Å². The van der Waals surface area contributed by atoms with Crippen molar-refractivity contribution < 1.29 is 9.90 Å². The Morgan fingerprint density at radius 1 is 1.62 bits per heavy atom. The van der Waals surface area contributed by atoms with Crippen molar-refractivity contribution in [3.8, 4) is 0 Å². The smallest absolute Gasteiger partial charge is 0.307 e. The Kier molecular flexibility index (Phi) is 2.06. The van der Waals surface area contributed by atoms with Crippen LogP contribution >= 0.6 is 0 Å². The van der Waals surface area contributed by atoms with E-state index < -0.39 is 5.97 Å². The van der Waals surface area contributed by atoms with Crippen molar-refractivity contribution in [3.63, 3.8) is 0 Å². The fourth-order valence-electron chi connectivity index (χ4n) is 1.82. The molecule has 2 aliphatic rings. The molecule has 0 aromatic carbocycles. The van der Waals surface area contributed by atoms with E-state index in [4.69, 9.17) is 5.11 Å². The Morgan fingerprint density at radius 2 is 2.46 bits per heavy atom. The van der Waals surface area contributed by atoms with Gasteiger partial charge in [0.2, 0.25) is 0 Å². The molecule has 0 saturated carbocycles. The van der Waals surface area contributed by atoms with Crippen molar-refractivity contribution in [2.75, 3.05) is 6.54 Å². The second-order valence-corrected chi connectivity index (χ2v) is 3.34. The topological polar surface area (TPSA) is 61.4 Å². The normalized spacial score (nSPS) is 31.5. The van der Waals surface area contributed by atoms with Crippen LogP contribution in [0, 0.1) is 11.8 Å². The van der Waals surface area contributed by atoms with Gasteiger partial charge in [0, 0.05) is 18.2 Å². The van der Waals surface area contributed by atoms with Gasteiger partial charge in [-0.1, -0.05) is 12.2 Å². The Hall–Kier alpha value is -1.29. The minimum Gasteiger partial charge on any atom is -0.481 e. The summed E-state index contributed by atoms with van der Waals surface area (Å²) in [6.07, 6.45) is 6.37. The number of fused-ring (bicyclic) bond motifs is 1. The summed E-state index contributed by atoms with van der Waals surface area (Å²) >= 11 is 0. The van der Waals surface area contributed by atoms with E-state index in [0.29, 0.717) is 13.0 Å². The SMILES string of the molecule is O=C(O)C1CC=CC=C2NNCC21. The quantitative estimate of drug-likeness (QED) is 0.541. The van der Waals surface area contributed by atoms with Gasteiger partial charge in [-0.15, -0.1) is 0 Å². The van der Waals surface area contributed by atoms with Gasteiger partial charge in [0.25, 0.3) is 0 Å². The van der Waals surface area contributed by atoms with Gasteiger partial charge in [0.05, 0.1) is 5.92 Å². The summed E-state index contributed by atoms with van der Waals surface area (Å²) in [5, 5.41) is 8.99. The predicted molar refractivity (Wildman–Crippen MR) is 47.6 cm³/mol. The van der Waals surface area contributed by atoms with Gasteiger partial charge in [0.1, 0.15) is 0 Å². The van der Waals surface area contributed by atoms with Gasteiger partial charge >= 0.3 is 5.97 Å². The number of carbonyl (C=O) groups is 1. The third kappa shape index (κ3) is 1.45. The van der Waals surface area contributed by atoms with Gasteiger partial charge in [-0.05, 0) is 12.5 Å². The van der Waals surface area contributed by atoms with E-state index in [9.17, 15) is 4.79 Å². The molecule has 0 bridgehead atoms. The zero-order valence-corrected chi connectivity index (χ0v) is 7.16. The molecule has 1 saturated heterocycles. The number of rotatable bonds is 1. The van der Waals surface area contributed by atoms with Gasteiger partial charge < -0.3 is 10.5 Å². The molecule has 2 atom stereocenters. The monoisotopic (exact) mass is 180 g/mol. The van der Waals surface area contributed by atoms with Crippen molar-refractivity contribution in [3.05, 3.63) is 23.9 Å². The molecule has 0 radical (unpaired) electrons. The molecule has 1 aliphatic carbocycles. The molecule has 4 heteroatoms. The van der Waals surface area contributed by atoms with Crippen LogP contribution in [0.1, 0.15) is 6.42 Å². The molecule has 13 heavy (non-hydrogen) atoms. The maximum Gasteiger partial charge on any atom is 0.307 e. The summed E-state index contributed by atoms with van der Waals surface area (Å²) in [7, 11) is 0. The molecule has 0 amide bonds. The zero-order valence-electron chi connectivity index (χ0n) is 7.16. The number of hydrogen-bond acceptors (Lipinski definition) is 3. The summed E-state index contributed by atoms with van der Waals surface area (Å²) in [5.41, 5.74) is 6.93. The van der Waals surface area contributed by atoms with Crippen LogP contribution in [0.5, 0.6) is 0 Å². The number of carboxylic acids is 1. The number of nitrogens with one attached hydrogen (secondary N) is 2. The maximum absolute atomic E-state index is 10.9. The van der Waals surface area contributed by atoms with Crippen LogP contribution in [0.25, 0.3) is 0 Å². The molecule has 0 aromatic heterocycles. The van der Waals surface area contributed by atoms with Crippen LogP contribution in [-0.4, -0.2) is 17.6 Å². The molecule has 2 rings (SSSR count). The van der Waals surface area contributed by atoms with Crippen LogP contribution in [0.4, 0.5) is 0 Å². The summed E-state index contributed by atoms with van der Waals surface area (Å²) in [5.74, 6) is -0.923. The Morgan fingerprint density at radius 3 is 3.23 bits per heavy atom. The molecular weight excluding hydrogens is 168 g/mol. The first-order chi connectivity index (χ1) is 6.29. The molecule has 4 nitrogen and oxygen atoms in total. The van der Waals surface area contributed by atoms with Gasteiger partial charge in [-0.2, -0.15) is 0 Å².